The molecule has 110 valence electrons. The number of nitrogens with one attached hydrogen (secondary N) is 1. The Labute approximate surface area is 131 Å². The summed E-state index contributed by atoms with van der Waals surface area (Å²) in [5, 5.41) is 4.83. The van der Waals surface area contributed by atoms with Crippen LogP contribution in [0.25, 0.3) is 10.8 Å². The fourth-order valence-electron chi connectivity index (χ4n) is 2.03. The number of anilines is 1. The van der Waals surface area contributed by atoms with Gasteiger partial charge in [-0.1, -0.05) is 40.2 Å². The molecule has 0 aliphatic carbocycles. The van der Waals surface area contributed by atoms with Crippen molar-refractivity contribution in [3.8, 4) is 0 Å². The number of carbonyl (C=O) groups excluding carboxylic acids is 2. The number of hydrogen-bond donors (Lipinski definition) is 1. The van der Waals surface area contributed by atoms with Crippen LogP contribution in [0.1, 0.15) is 19.8 Å². The Morgan fingerprint density at radius 1 is 1.10 bits per heavy atom. The maximum atomic E-state index is 11.9. The Morgan fingerprint density at radius 2 is 1.81 bits per heavy atom. The van der Waals surface area contributed by atoms with Gasteiger partial charge < -0.3 is 10.1 Å². The molecule has 4 nitrogen and oxygen atoms in total. The molecule has 2 rings (SSSR count). The molecule has 21 heavy (non-hydrogen) atoms. The third-order valence-corrected chi connectivity index (χ3v) is 3.70. The van der Waals surface area contributed by atoms with Crippen molar-refractivity contribution >= 4 is 44.3 Å². The van der Waals surface area contributed by atoms with Gasteiger partial charge in [0.2, 0.25) is 5.91 Å². The monoisotopic (exact) mass is 349 g/mol. The van der Waals surface area contributed by atoms with Crippen LogP contribution in [-0.4, -0.2) is 18.5 Å². The van der Waals surface area contributed by atoms with Crippen molar-refractivity contribution in [2.24, 2.45) is 0 Å². The molecule has 0 spiro atoms. The molecule has 0 unspecified atom stereocenters. The maximum absolute atomic E-state index is 11.9. The first-order chi connectivity index (χ1) is 10.1. The van der Waals surface area contributed by atoms with Crippen LogP contribution in [0, 0.1) is 0 Å². The van der Waals surface area contributed by atoms with E-state index in [-0.39, 0.29) is 24.7 Å². The van der Waals surface area contributed by atoms with Crippen LogP contribution in [0.4, 0.5) is 5.69 Å². The summed E-state index contributed by atoms with van der Waals surface area (Å²) in [7, 11) is 0. The van der Waals surface area contributed by atoms with Crippen LogP contribution >= 0.6 is 15.9 Å². The molecule has 0 saturated carbocycles. The van der Waals surface area contributed by atoms with Crippen molar-refractivity contribution in [3.05, 3.63) is 40.9 Å². The van der Waals surface area contributed by atoms with Crippen molar-refractivity contribution < 1.29 is 14.3 Å². The lowest BCUT2D eigenvalue weighted by atomic mass is 10.1. The van der Waals surface area contributed by atoms with Crippen LogP contribution in [0.5, 0.6) is 0 Å². The molecule has 0 atom stereocenters. The Hall–Kier alpha value is -1.88. The zero-order valence-electron chi connectivity index (χ0n) is 11.7. The quantitative estimate of drug-likeness (QED) is 0.833. The Balaban J connectivity index is 2.08. The second kappa shape index (κ2) is 7.22. The molecule has 5 heteroatoms. The van der Waals surface area contributed by atoms with Crippen LogP contribution in [0.3, 0.4) is 0 Å². The highest BCUT2D eigenvalue weighted by Gasteiger charge is 2.10. The van der Waals surface area contributed by atoms with E-state index in [0.717, 1.165) is 20.9 Å². The molecule has 2 aromatic rings. The molecule has 0 fully saturated rings. The second-order valence-electron chi connectivity index (χ2n) is 4.49. The highest BCUT2D eigenvalue weighted by Crippen LogP contribution is 2.29. The van der Waals surface area contributed by atoms with E-state index < -0.39 is 0 Å². The zero-order chi connectivity index (χ0) is 15.2. The minimum Gasteiger partial charge on any atom is -0.466 e. The molecular weight excluding hydrogens is 334 g/mol. The number of benzene rings is 2. The summed E-state index contributed by atoms with van der Waals surface area (Å²) in [6.07, 6.45) is 0.206. The van der Waals surface area contributed by atoms with Gasteiger partial charge >= 0.3 is 5.97 Å². The Kier molecular flexibility index (Phi) is 5.33. The van der Waals surface area contributed by atoms with Gasteiger partial charge in [-0.05, 0) is 24.4 Å². The average Bonchev–Trinajstić information content (AvgIpc) is 2.49. The normalized spacial score (nSPS) is 10.4. The van der Waals surface area contributed by atoms with Gasteiger partial charge in [0, 0.05) is 22.0 Å². The minimum atomic E-state index is -0.353. The lowest BCUT2D eigenvalue weighted by Crippen LogP contribution is -2.14. The Bertz CT molecular complexity index is 670. The first-order valence-electron chi connectivity index (χ1n) is 6.74. The number of amides is 1. The second-order valence-corrected chi connectivity index (χ2v) is 5.35. The molecule has 1 N–H and O–H groups in total. The highest BCUT2D eigenvalue weighted by molar-refractivity contribution is 9.10. The number of carbonyl (C=O) groups is 2. The smallest absolute Gasteiger partial charge is 0.306 e. The zero-order valence-corrected chi connectivity index (χ0v) is 13.3. The first-order valence-corrected chi connectivity index (χ1v) is 7.54. The molecule has 0 bridgehead atoms. The van der Waals surface area contributed by atoms with E-state index in [4.69, 9.17) is 4.74 Å². The highest BCUT2D eigenvalue weighted by atomic mass is 79.9. The van der Waals surface area contributed by atoms with E-state index in [9.17, 15) is 9.59 Å². The van der Waals surface area contributed by atoms with Gasteiger partial charge in [-0.3, -0.25) is 9.59 Å². The van der Waals surface area contributed by atoms with Crippen LogP contribution in [0.2, 0.25) is 0 Å². The molecular formula is C16H16BrNO3. The third kappa shape index (κ3) is 4.04. The number of esters is 1. The predicted molar refractivity (Wildman–Crippen MR) is 86.1 cm³/mol. The summed E-state index contributed by atoms with van der Waals surface area (Å²) in [5.74, 6) is -0.552. The van der Waals surface area contributed by atoms with Gasteiger partial charge in [-0.2, -0.15) is 0 Å². The van der Waals surface area contributed by atoms with E-state index >= 15 is 0 Å². The molecule has 0 radical (unpaired) electrons. The van der Waals surface area contributed by atoms with Crippen molar-refractivity contribution in [3.63, 3.8) is 0 Å². The number of hydrogen-bond acceptors (Lipinski definition) is 3. The topological polar surface area (TPSA) is 55.4 Å². The molecule has 0 heterocycles. The maximum Gasteiger partial charge on any atom is 0.306 e. The molecule has 0 saturated heterocycles. The number of rotatable bonds is 5. The summed E-state index contributed by atoms with van der Waals surface area (Å²) >= 11 is 3.49. The molecule has 0 aromatic heterocycles. The van der Waals surface area contributed by atoms with Crippen molar-refractivity contribution in [1.82, 2.24) is 0 Å². The van der Waals surface area contributed by atoms with Crippen LogP contribution in [-0.2, 0) is 14.3 Å². The summed E-state index contributed by atoms with van der Waals surface area (Å²) in [6.45, 7) is 2.07. The van der Waals surface area contributed by atoms with Crippen LogP contribution < -0.4 is 5.32 Å². The van der Waals surface area contributed by atoms with Crippen LogP contribution in [0.15, 0.2) is 40.9 Å². The summed E-state index contributed by atoms with van der Waals surface area (Å²) in [6, 6.07) is 11.5. The number of fused-ring (bicyclic) bond motifs is 1. The van der Waals surface area contributed by atoms with Crippen molar-refractivity contribution in [2.45, 2.75) is 19.8 Å². The molecule has 2 aromatic carbocycles. The molecule has 0 aliphatic heterocycles. The SMILES string of the molecule is CCOC(=O)CCC(=O)Nc1ccc(Br)c2ccccc12. The number of ether oxygens (including phenoxy) is 1. The summed E-state index contributed by atoms with van der Waals surface area (Å²) in [5.41, 5.74) is 0.739. The van der Waals surface area contributed by atoms with Crippen molar-refractivity contribution in [2.75, 3.05) is 11.9 Å². The van der Waals surface area contributed by atoms with E-state index in [1.807, 2.05) is 36.4 Å². The van der Waals surface area contributed by atoms with E-state index in [0.29, 0.717) is 6.61 Å². The fourth-order valence-corrected chi connectivity index (χ4v) is 2.51. The fraction of sp³-hybridized carbons (Fsp3) is 0.250. The van der Waals surface area contributed by atoms with Crippen molar-refractivity contribution in [1.29, 1.82) is 0 Å². The summed E-state index contributed by atoms with van der Waals surface area (Å²) < 4.78 is 5.78. The van der Waals surface area contributed by atoms with Gasteiger partial charge in [0.15, 0.2) is 0 Å². The van der Waals surface area contributed by atoms with E-state index in [1.165, 1.54) is 0 Å². The predicted octanol–water partition coefficient (Wildman–Crippen LogP) is 3.88. The molecule has 0 aliphatic rings. The lowest BCUT2D eigenvalue weighted by molar-refractivity contribution is -0.144. The number of halogens is 1. The van der Waals surface area contributed by atoms with E-state index in [2.05, 4.69) is 21.2 Å². The van der Waals surface area contributed by atoms with Gasteiger partial charge in [0.05, 0.1) is 13.0 Å². The van der Waals surface area contributed by atoms with Gasteiger partial charge in [0.1, 0.15) is 0 Å². The Morgan fingerprint density at radius 3 is 2.52 bits per heavy atom. The van der Waals surface area contributed by atoms with E-state index in [1.54, 1.807) is 6.92 Å². The molecule has 1 amide bonds. The average molecular weight is 350 g/mol. The first kappa shape index (κ1) is 15.5. The van der Waals surface area contributed by atoms with Gasteiger partial charge in [0.25, 0.3) is 0 Å². The largest absolute Gasteiger partial charge is 0.466 e. The standard InChI is InChI=1S/C16H16BrNO3/c1-2-21-16(20)10-9-15(19)18-14-8-7-13(17)11-5-3-4-6-12(11)14/h3-8H,2,9-10H2,1H3,(H,18,19). The van der Waals surface area contributed by atoms with Gasteiger partial charge in [-0.15, -0.1) is 0 Å². The third-order valence-electron chi connectivity index (χ3n) is 3.01. The van der Waals surface area contributed by atoms with Gasteiger partial charge in [-0.25, -0.2) is 0 Å². The lowest BCUT2D eigenvalue weighted by Gasteiger charge is -2.10. The summed E-state index contributed by atoms with van der Waals surface area (Å²) in [4.78, 5) is 23.2. The minimum absolute atomic E-state index is 0.0914.